The van der Waals surface area contributed by atoms with Gasteiger partial charge in [0.1, 0.15) is 18.5 Å². The first-order valence-electron chi connectivity index (χ1n) is 9.42. The molecule has 0 fully saturated rings. The highest BCUT2D eigenvalue weighted by Crippen LogP contribution is 2.07. The van der Waals surface area contributed by atoms with Crippen molar-refractivity contribution in [2.75, 3.05) is 25.6 Å². The summed E-state index contributed by atoms with van der Waals surface area (Å²) in [6.45, 7) is 2.60. The number of nitrogens with zero attached hydrogens (tertiary/aromatic N) is 1. The first-order chi connectivity index (χ1) is 14.0. The van der Waals surface area contributed by atoms with Crippen LogP contribution >= 0.6 is 11.6 Å². The Balaban J connectivity index is 2.50. The molecule has 2 amide bonds. The van der Waals surface area contributed by atoms with Gasteiger partial charge in [0, 0.05) is 6.54 Å². The summed E-state index contributed by atoms with van der Waals surface area (Å²) < 4.78 is 10.2. The molecule has 8 heteroatoms. The van der Waals surface area contributed by atoms with E-state index in [1.807, 2.05) is 30.3 Å². The number of unbranched alkanes of at least 4 members (excludes halogenated alkanes) is 1. The Hall–Kier alpha value is -2.72. The number of alkyl carbamates (subject to hydrolysis) is 1. The van der Waals surface area contributed by atoms with Crippen molar-refractivity contribution in [3.8, 4) is 12.3 Å². The van der Waals surface area contributed by atoms with Gasteiger partial charge in [-0.25, -0.2) is 9.59 Å². The number of amides is 2. The van der Waals surface area contributed by atoms with Crippen LogP contribution in [0, 0.1) is 12.3 Å². The second-order valence-corrected chi connectivity index (χ2v) is 6.43. The number of hydrogen-bond acceptors (Lipinski definition) is 5. The van der Waals surface area contributed by atoms with Gasteiger partial charge in [0.25, 0.3) is 0 Å². The van der Waals surface area contributed by atoms with Crippen molar-refractivity contribution in [3.05, 3.63) is 35.9 Å². The van der Waals surface area contributed by atoms with E-state index >= 15 is 0 Å². The third kappa shape index (κ3) is 9.86. The van der Waals surface area contributed by atoms with E-state index in [0.29, 0.717) is 25.8 Å². The zero-order valence-corrected chi connectivity index (χ0v) is 17.3. The van der Waals surface area contributed by atoms with Crippen LogP contribution in [0.3, 0.4) is 0 Å². The number of terminal acetylenes is 1. The van der Waals surface area contributed by atoms with Crippen LogP contribution in [0.25, 0.3) is 0 Å². The molecule has 0 aliphatic heterocycles. The summed E-state index contributed by atoms with van der Waals surface area (Å²) in [5.74, 6) is 1.52. The standard InChI is InChI=1S/C21H27ClN2O5/c1-3-13-24(19(25)15-22)14-9-8-12-18(20(26)28-4-2)23-21(27)29-16-17-10-6-5-7-11-17/h1,5-7,10-11,18H,4,8-9,12-16H2,2H3,(H,23,27)/t18-/m0/s1. The summed E-state index contributed by atoms with van der Waals surface area (Å²) in [5.41, 5.74) is 0.841. The summed E-state index contributed by atoms with van der Waals surface area (Å²) in [5, 5.41) is 2.55. The molecule has 0 bridgehead atoms. The second kappa shape index (κ2) is 14.3. The lowest BCUT2D eigenvalue weighted by atomic mass is 10.1. The first kappa shape index (κ1) is 24.3. The van der Waals surface area contributed by atoms with Crippen LogP contribution < -0.4 is 5.32 Å². The number of hydrogen-bond donors (Lipinski definition) is 1. The highest BCUT2D eigenvalue weighted by Gasteiger charge is 2.22. The van der Waals surface area contributed by atoms with Crippen LogP contribution in [0.15, 0.2) is 30.3 Å². The fraction of sp³-hybridized carbons (Fsp3) is 0.476. The van der Waals surface area contributed by atoms with Crippen molar-refractivity contribution in [2.24, 2.45) is 0 Å². The van der Waals surface area contributed by atoms with Crippen LogP contribution in [-0.2, 0) is 25.7 Å². The third-order valence-electron chi connectivity index (χ3n) is 4.00. The SMILES string of the molecule is C#CCN(CCCC[C@H](NC(=O)OCc1ccccc1)C(=O)OCC)C(=O)CCl. The van der Waals surface area contributed by atoms with Gasteiger partial charge in [-0.15, -0.1) is 18.0 Å². The fourth-order valence-corrected chi connectivity index (χ4v) is 2.71. The summed E-state index contributed by atoms with van der Waals surface area (Å²) in [6, 6.07) is 8.39. The molecule has 0 radical (unpaired) electrons. The van der Waals surface area contributed by atoms with Crippen molar-refractivity contribution in [3.63, 3.8) is 0 Å². The lowest BCUT2D eigenvalue weighted by molar-refractivity contribution is -0.145. The highest BCUT2D eigenvalue weighted by molar-refractivity contribution is 6.27. The van der Waals surface area contributed by atoms with E-state index in [1.54, 1.807) is 6.92 Å². The largest absolute Gasteiger partial charge is 0.464 e. The van der Waals surface area contributed by atoms with Gasteiger partial charge in [0.15, 0.2) is 0 Å². The van der Waals surface area contributed by atoms with Crippen LogP contribution in [0.5, 0.6) is 0 Å². The molecule has 0 saturated heterocycles. The fourth-order valence-electron chi connectivity index (χ4n) is 2.54. The van der Waals surface area contributed by atoms with Gasteiger partial charge in [-0.1, -0.05) is 36.3 Å². The van der Waals surface area contributed by atoms with Crippen molar-refractivity contribution in [1.29, 1.82) is 0 Å². The Kier molecular flexibility index (Phi) is 12.0. The average Bonchev–Trinajstić information content (AvgIpc) is 2.73. The Labute approximate surface area is 176 Å². The van der Waals surface area contributed by atoms with Gasteiger partial charge in [-0.3, -0.25) is 4.79 Å². The molecular weight excluding hydrogens is 396 g/mol. The molecule has 0 aliphatic rings. The Bertz CT molecular complexity index is 690. The first-order valence-corrected chi connectivity index (χ1v) is 9.96. The number of alkyl halides is 1. The van der Waals surface area contributed by atoms with Crippen LogP contribution in [0.1, 0.15) is 31.7 Å². The minimum Gasteiger partial charge on any atom is -0.464 e. The molecule has 0 unspecified atom stereocenters. The van der Waals surface area contributed by atoms with Gasteiger partial charge in [-0.2, -0.15) is 0 Å². The predicted octanol–water partition coefficient (Wildman–Crippen LogP) is 2.72. The molecule has 0 heterocycles. The molecule has 0 aliphatic carbocycles. The summed E-state index contributed by atoms with van der Waals surface area (Å²) >= 11 is 5.57. The molecule has 1 aromatic rings. The Morgan fingerprint density at radius 2 is 1.93 bits per heavy atom. The van der Waals surface area contributed by atoms with Gasteiger partial charge in [0.05, 0.1) is 13.2 Å². The molecular formula is C21H27ClN2O5. The number of carbonyl (C=O) groups is 3. The highest BCUT2D eigenvalue weighted by atomic mass is 35.5. The molecule has 7 nitrogen and oxygen atoms in total. The van der Waals surface area contributed by atoms with Gasteiger partial charge in [-0.05, 0) is 31.7 Å². The zero-order chi connectivity index (χ0) is 21.5. The van der Waals surface area contributed by atoms with E-state index in [1.165, 1.54) is 4.90 Å². The quantitative estimate of drug-likeness (QED) is 0.242. The van der Waals surface area contributed by atoms with Gasteiger partial charge in [0.2, 0.25) is 5.91 Å². The number of ether oxygens (including phenoxy) is 2. The second-order valence-electron chi connectivity index (χ2n) is 6.16. The topological polar surface area (TPSA) is 84.9 Å². The summed E-state index contributed by atoms with van der Waals surface area (Å²) in [4.78, 5) is 37.4. The molecule has 1 N–H and O–H groups in total. The number of carbonyl (C=O) groups excluding carboxylic acids is 3. The van der Waals surface area contributed by atoms with Crippen LogP contribution in [-0.4, -0.2) is 54.5 Å². The maximum atomic E-state index is 12.1. The molecule has 0 aromatic heterocycles. The normalized spacial score (nSPS) is 11.1. The van der Waals surface area contributed by atoms with Crippen LogP contribution in [0.2, 0.25) is 0 Å². The monoisotopic (exact) mass is 422 g/mol. The number of esters is 1. The summed E-state index contributed by atoms with van der Waals surface area (Å²) in [6.07, 6.45) is 6.08. The number of nitrogens with one attached hydrogen (secondary N) is 1. The van der Waals surface area contributed by atoms with E-state index < -0.39 is 18.1 Å². The van der Waals surface area contributed by atoms with Crippen molar-refractivity contribution in [2.45, 2.75) is 38.8 Å². The maximum absolute atomic E-state index is 12.1. The van der Waals surface area contributed by atoms with Crippen molar-refractivity contribution < 1.29 is 23.9 Å². The van der Waals surface area contributed by atoms with Crippen molar-refractivity contribution in [1.82, 2.24) is 10.2 Å². The molecule has 1 rings (SSSR count). The minimum atomic E-state index is -0.831. The minimum absolute atomic E-state index is 0.101. The summed E-state index contributed by atoms with van der Waals surface area (Å²) in [7, 11) is 0. The molecule has 158 valence electrons. The average molecular weight is 423 g/mol. The lowest BCUT2D eigenvalue weighted by Gasteiger charge is -2.20. The number of benzene rings is 1. The maximum Gasteiger partial charge on any atom is 0.408 e. The molecule has 0 spiro atoms. The molecule has 29 heavy (non-hydrogen) atoms. The van der Waals surface area contributed by atoms with Gasteiger partial charge < -0.3 is 19.7 Å². The zero-order valence-electron chi connectivity index (χ0n) is 16.6. The molecule has 1 aromatic carbocycles. The Morgan fingerprint density at radius 3 is 2.55 bits per heavy atom. The van der Waals surface area contributed by atoms with Gasteiger partial charge >= 0.3 is 12.1 Å². The lowest BCUT2D eigenvalue weighted by Crippen LogP contribution is -2.42. The van der Waals surface area contributed by atoms with E-state index in [4.69, 9.17) is 27.5 Å². The molecule has 0 saturated carbocycles. The van der Waals surface area contributed by atoms with E-state index in [-0.39, 0.29) is 31.5 Å². The Morgan fingerprint density at radius 1 is 1.21 bits per heavy atom. The van der Waals surface area contributed by atoms with Crippen molar-refractivity contribution >= 4 is 29.6 Å². The van der Waals surface area contributed by atoms with E-state index in [9.17, 15) is 14.4 Å². The number of rotatable bonds is 12. The van der Waals surface area contributed by atoms with E-state index in [2.05, 4.69) is 11.2 Å². The molecule has 1 atom stereocenters. The number of halogens is 1. The van der Waals surface area contributed by atoms with Crippen LogP contribution in [0.4, 0.5) is 4.79 Å². The third-order valence-corrected chi connectivity index (χ3v) is 4.22. The predicted molar refractivity (Wildman–Crippen MR) is 110 cm³/mol. The van der Waals surface area contributed by atoms with E-state index in [0.717, 1.165) is 5.56 Å². The smallest absolute Gasteiger partial charge is 0.408 e.